The SMILES string of the molecule is Brc1cc(C2CCCNC2)ccn1. The third-order valence-corrected chi connectivity index (χ3v) is 2.95. The van der Waals surface area contributed by atoms with Gasteiger partial charge in [0.1, 0.15) is 4.60 Å². The van der Waals surface area contributed by atoms with E-state index in [1.807, 2.05) is 6.20 Å². The molecule has 1 N–H and O–H groups in total. The van der Waals surface area contributed by atoms with Crippen molar-refractivity contribution >= 4 is 15.9 Å². The molecule has 1 aliphatic rings. The Hall–Kier alpha value is -0.410. The average Bonchev–Trinajstić information content (AvgIpc) is 2.19. The van der Waals surface area contributed by atoms with Crippen molar-refractivity contribution in [3.63, 3.8) is 0 Å². The standard InChI is InChI=1S/C10H13BrN2/c11-10-6-8(3-5-13-10)9-2-1-4-12-7-9/h3,5-6,9,12H,1-2,4,7H2. The van der Waals surface area contributed by atoms with Crippen molar-refractivity contribution in [3.8, 4) is 0 Å². The Morgan fingerprint density at radius 3 is 3.15 bits per heavy atom. The molecule has 13 heavy (non-hydrogen) atoms. The van der Waals surface area contributed by atoms with Crippen LogP contribution in [0.2, 0.25) is 0 Å². The fourth-order valence-corrected chi connectivity index (χ4v) is 2.19. The molecule has 0 spiro atoms. The predicted molar refractivity (Wildman–Crippen MR) is 56.8 cm³/mol. The largest absolute Gasteiger partial charge is 0.316 e. The van der Waals surface area contributed by atoms with Gasteiger partial charge in [-0.25, -0.2) is 4.98 Å². The first kappa shape index (κ1) is 9.16. The zero-order chi connectivity index (χ0) is 9.10. The molecule has 0 aliphatic carbocycles. The summed E-state index contributed by atoms with van der Waals surface area (Å²) >= 11 is 3.40. The Labute approximate surface area is 86.9 Å². The van der Waals surface area contributed by atoms with Gasteiger partial charge in [0.15, 0.2) is 0 Å². The van der Waals surface area contributed by atoms with Crippen LogP contribution >= 0.6 is 15.9 Å². The van der Waals surface area contributed by atoms with Gasteiger partial charge in [-0.1, -0.05) is 0 Å². The van der Waals surface area contributed by atoms with Gasteiger partial charge in [0.25, 0.3) is 0 Å². The molecular formula is C10H13BrN2. The van der Waals surface area contributed by atoms with Gasteiger partial charge < -0.3 is 5.32 Å². The Morgan fingerprint density at radius 2 is 2.46 bits per heavy atom. The normalized spacial score (nSPS) is 23.0. The Morgan fingerprint density at radius 1 is 1.54 bits per heavy atom. The van der Waals surface area contributed by atoms with Gasteiger partial charge in [-0.3, -0.25) is 0 Å². The minimum Gasteiger partial charge on any atom is -0.316 e. The first-order valence-corrected chi connectivity index (χ1v) is 5.48. The van der Waals surface area contributed by atoms with Gasteiger partial charge in [0.05, 0.1) is 0 Å². The molecule has 1 fully saturated rings. The summed E-state index contributed by atoms with van der Waals surface area (Å²) in [7, 11) is 0. The number of nitrogens with zero attached hydrogens (tertiary/aromatic N) is 1. The molecule has 1 atom stereocenters. The van der Waals surface area contributed by atoms with E-state index in [4.69, 9.17) is 0 Å². The van der Waals surface area contributed by atoms with Crippen LogP contribution in [-0.2, 0) is 0 Å². The maximum atomic E-state index is 4.13. The van der Waals surface area contributed by atoms with Crippen molar-refractivity contribution in [2.75, 3.05) is 13.1 Å². The molecule has 0 radical (unpaired) electrons. The summed E-state index contributed by atoms with van der Waals surface area (Å²) in [6.45, 7) is 2.28. The number of hydrogen-bond acceptors (Lipinski definition) is 2. The first-order chi connectivity index (χ1) is 6.36. The van der Waals surface area contributed by atoms with Crippen LogP contribution in [0.25, 0.3) is 0 Å². The van der Waals surface area contributed by atoms with Crippen molar-refractivity contribution < 1.29 is 0 Å². The van der Waals surface area contributed by atoms with Crippen LogP contribution in [0.1, 0.15) is 24.3 Å². The Kier molecular flexibility index (Phi) is 2.96. The molecule has 1 aliphatic heterocycles. The summed E-state index contributed by atoms with van der Waals surface area (Å²) in [5, 5.41) is 3.42. The van der Waals surface area contributed by atoms with E-state index in [2.05, 4.69) is 38.4 Å². The summed E-state index contributed by atoms with van der Waals surface area (Å²) < 4.78 is 0.940. The quantitative estimate of drug-likeness (QED) is 0.763. The van der Waals surface area contributed by atoms with E-state index in [0.717, 1.165) is 11.1 Å². The molecule has 1 aromatic rings. The van der Waals surface area contributed by atoms with E-state index in [1.165, 1.54) is 24.9 Å². The number of piperidine rings is 1. The fraction of sp³-hybridized carbons (Fsp3) is 0.500. The molecule has 2 nitrogen and oxygen atoms in total. The lowest BCUT2D eigenvalue weighted by Gasteiger charge is -2.22. The zero-order valence-electron chi connectivity index (χ0n) is 7.46. The predicted octanol–water partition coefficient (Wildman–Crippen LogP) is 2.31. The number of aromatic nitrogens is 1. The van der Waals surface area contributed by atoms with Crippen LogP contribution in [0.15, 0.2) is 22.9 Å². The molecule has 1 saturated heterocycles. The van der Waals surface area contributed by atoms with Crippen molar-refractivity contribution in [1.82, 2.24) is 10.3 Å². The summed E-state index contributed by atoms with van der Waals surface area (Å²) in [5.74, 6) is 0.674. The molecule has 2 rings (SSSR count). The third-order valence-electron chi connectivity index (χ3n) is 2.52. The van der Waals surface area contributed by atoms with Crippen LogP contribution in [0.4, 0.5) is 0 Å². The number of halogens is 1. The van der Waals surface area contributed by atoms with Gasteiger partial charge in [-0.2, -0.15) is 0 Å². The van der Waals surface area contributed by atoms with Crippen molar-refractivity contribution in [2.45, 2.75) is 18.8 Å². The van der Waals surface area contributed by atoms with Crippen molar-refractivity contribution in [1.29, 1.82) is 0 Å². The lowest BCUT2D eigenvalue weighted by atomic mass is 9.93. The number of hydrogen-bond donors (Lipinski definition) is 1. The molecule has 70 valence electrons. The highest BCUT2D eigenvalue weighted by Gasteiger charge is 2.14. The maximum Gasteiger partial charge on any atom is 0.106 e. The van der Waals surface area contributed by atoms with Crippen LogP contribution in [0.3, 0.4) is 0 Å². The number of nitrogens with one attached hydrogen (secondary N) is 1. The smallest absolute Gasteiger partial charge is 0.106 e. The van der Waals surface area contributed by atoms with Crippen LogP contribution in [0, 0.1) is 0 Å². The average molecular weight is 241 g/mol. The highest BCUT2D eigenvalue weighted by atomic mass is 79.9. The highest BCUT2D eigenvalue weighted by molar-refractivity contribution is 9.10. The molecular weight excluding hydrogens is 228 g/mol. The fourth-order valence-electron chi connectivity index (χ4n) is 1.81. The summed E-state index contributed by atoms with van der Waals surface area (Å²) in [5.41, 5.74) is 1.40. The Bertz CT molecular complexity index is 282. The molecule has 2 heterocycles. The Balaban J connectivity index is 2.14. The van der Waals surface area contributed by atoms with E-state index in [0.29, 0.717) is 5.92 Å². The van der Waals surface area contributed by atoms with Crippen LogP contribution < -0.4 is 5.32 Å². The summed E-state index contributed by atoms with van der Waals surface area (Å²) in [4.78, 5) is 4.13. The minimum absolute atomic E-state index is 0.674. The number of pyridine rings is 1. The second-order valence-electron chi connectivity index (χ2n) is 3.46. The second-order valence-corrected chi connectivity index (χ2v) is 4.27. The molecule has 1 unspecified atom stereocenters. The van der Waals surface area contributed by atoms with Crippen LogP contribution in [0.5, 0.6) is 0 Å². The maximum absolute atomic E-state index is 4.13. The lowest BCUT2D eigenvalue weighted by molar-refractivity contribution is 0.461. The van der Waals surface area contributed by atoms with E-state index in [1.54, 1.807) is 0 Å². The summed E-state index contributed by atoms with van der Waals surface area (Å²) in [6.07, 6.45) is 4.45. The highest BCUT2D eigenvalue weighted by Crippen LogP contribution is 2.24. The zero-order valence-corrected chi connectivity index (χ0v) is 9.05. The minimum atomic E-state index is 0.674. The number of rotatable bonds is 1. The van der Waals surface area contributed by atoms with E-state index in [-0.39, 0.29) is 0 Å². The van der Waals surface area contributed by atoms with Gasteiger partial charge in [-0.05, 0) is 58.9 Å². The topological polar surface area (TPSA) is 24.9 Å². The van der Waals surface area contributed by atoms with Gasteiger partial charge in [0, 0.05) is 12.7 Å². The molecule has 0 bridgehead atoms. The molecule has 0 amide bonds. The molecule has 3 heteroatoms. The third kappa shape index (κ3) is 2.29. The van der Waals surface area contributed by atoms with Crippen LogP contribution in [-0.4, -0.2) is 18.1 Å². The van der Waals surface area contributed by atoms with E-state index >= 15 is 0 Å². The van der Waals surface area contributed by atoms with Crippen molar-refractivity contribution in [3.05, 3.63) is 28.5 Å². The lowest BCUT2D eigenvalue weighted by Crippen LogP contribution is -2.28. The van der Waals surface area contributed by atoms with E-state index < -0.39 is 0 Å². The van der Waals surface area contributed by atoms with Gasteiger partial charge in [0.2, 0.25) is 0 Å². The monoisotopic (exact) mass is 240 g/mol. The summed E-state index contributed by atoms with van der Waals surface area (Å²) in [6, 6.07) is 4.24. The molecule has 0 saturated carbocycles. The molecule has 0 aromatic carbocycles. The van der Waals surface area contributed by atoms with Crippen molar-refractivity contribution in [2.24, 2.45) is 0 Å². The van der Waals surface area contributed by atoms with E-state index in [9.17, 15) is 0 Å². The second kappa shape index (κ2) is 4.20. The first-order valence-electron chi connectivity index (χ1n) is 4.68. The van der Waals surface area contributed by atoms with Gasteiger partial charge in [-0.15, -0.1) is 0 Å². The van der Waals surface area contributed by atoms with Gasteiger partial charge >= 0.3 is 0 Å². The molecule has 1 aromatic heterocycles.